The van der Waals surface area contributed by atoms with E-state index in [9.17, 15) is 56.6 Å². The maximum absolute atomic E-state index is 10.8. The number of hydrogen-bond acceptors (Lipinski definition) is 2. The van der Waals surface area contributed by atoms with Crippen LogP contribution in [0, 0.1) is 0 Å². The van der Waals surface area contributed by atoms with Crippen LogP contribution in [-0.2, 0) is 4.74 Å². The zero-order chi connectivity index (χ0) is 21.7. The van der Waals surface area contributed by atoms with Gasteiger partial charge >= 0.3 is 119 Å². The number of nitrogens with one attached hydrogen (secondary N) is 1. The third kappa shape index (κ3) is 176. The quantitative estimate of drug-likeness (QED) is 0.491. The maximum Gasteiger partial charge on any atom is 0.673 e. The van der Waals surface area contributed by atoms with E-state index in [0.29, 0.717) is 49.0 Å². The van der Waals surface area contributed by atoms with Crippen molar-refractivity contribution in [2.45, 2.75) is 26.4 Å². The van der Waals surface area contributed by atoms with E-state index < -0.39 is 21.8 Å². The van der Waals surface area contributed by atoms with Crippen molar-refractivity contribution in [3.63, 3.8) is 0 Å². The molecule has 0 spiro atoms. The summed E-state index contributed by atoms with van der Waals surface area (Å²) in [6.07, 6.45) is -0.305. The molecule has 1 N–H and O–H groups in total. The average molecular weight is 430 g/mol. The van der Waals surface area contributed by atoms with Gasteiger partial charge in [-0.25, -0.2) is 0 Å². The summed E-state index contributed by atoms with van der Waals surface area (Å²) in [7, 11) is -18.0. The molecule has 0 fully saturated rings. The predicted octanol–water partition coefficient (Wildman–Crippen LogP) is 4.54. The number of halogens is 12. The summed E-state index contributed by atoms with van der Waals surface area (Å²) in [6, 6.07) is 0. The second-order valence-corrected chi connectivity index (χ2v) is 5.62. The summed E-state index contributed by atoms with van der Waals surface area (Å²) >= 11 is 0.657. The summed E-state index contributed by atoms with van der Waals surface area (Å²) in [6.45, 7) is 5.55. The molecule has 0 bridgehead atoms. The number of amides is 1. The fraction of sp³-hybridized carbons (Fsp3) is 0.833. The zero-order valence-corrected chi connectivity index (χ0v) is 16.4. The Morgan fingerprint density at radius 1 is 0.800 bits per heavy atom. The molecule has 0 unspecified atom stereocenters. The van der Waals surface area contributed by atoms with Gasteiger partial charge in [0.1, 0.15) is 0 Å². The molecule has 1 amide bonds. The molecular formula is C6H12B3F12KNO2-3. The maximum atomic E-state index is 10.8. The second kappa shape index (κ2) is 14.3. The first-order valence-corrected chi connectivity index (χ1v) is 8.25. The number of ether oxygens (including phenoxy) is 1. The molecule has 0 radical (unpaired) electrons. The molecule has 0 saturated heterocycles. The van der Waals surface area contributed by atoms with Crippen molar-refractivity contribution in [3.8, 4) is 0 Å². The molecule has 0 aliphatic heterocycles. The molecule has 3 nitrogen and oxygen atoms in total. The topological polar surface area (TPSA) is 38.3 Å². The van der Waals surface area contributed by atoms with Gasteiger partial charge in [-0.3, -0.25) is 0 Å². The van der Waals surface area contributed by atoms with E-state index >= 15 is 0 Å². The summed E-state index contributed by atoms with van der Waals surface area (Å²) in [5.74, 6) is 0. The van der Waals surface area contributed by atoms with Crippen LogP contribution >= 0.6 is 0 Å². The first kappa shape index (κ1) is 32.9. The Morgan fingerprint density at radius 3 is 1.12 bits per heavy atom. The largest absolute Gasteiger partial charge is 0.673 e. The third-order valence-corrected chi connectivity index (χ3v) is 1.27. The number of rotatable bonds is 1. The average Bonchev–Trinajstić information content (AvgIpc) is 2.04. The fourth-order valence-corrected chi connectivity index (χ4v) is 0.909. The van der Waals surface area contributed by atoms with Crippen LogP contribution < -0.4 is 5.32 Å². The van der Waals surface area contributed by atoms with E-state index in [-0.39, 0.29) is 11.7 Å². The standard InChI is InChI=1S/C6H12NO2.3BF4.K/c1-6(2,3)9-5(8)7-4;3*2-1(3,4)5;/h4H2,1-3H3,(H,7,8);;;;/q;3*-1;. The zero-order valence-electron chi connectivity index (χ0n) is 13.3. The Balaban J connectivity index is -0.000000126. The molecule has 0 aliphatic carbocycles. The van der Waals surface area contributed by atoms with Gasteiger partial charge in [-0.1, -0.05) is 0 Å². The smallest absolute Gasteiger partial charge is 0.418 e. The van der Waals surface area contributed by atoms with Gasteiger partial charge in [0.05, 0.1) is 0 Å². The normalized spacial score (nSPS) is 11.6. The molecular weight excluding hydrogens is 418 g/mol. The van der Waals surface area contributed by atoms with Crippen LogP contribution in [0.3, 0.4) is 0 Å². The summed E-state index contributed by atoms with van der Waals surface area (Å²) in [5, 5.41) is 2.62. The van der Waals surface area contributed by atoms with E-state index in [4.69, 9.17) is 4.74 Å². The van der Waals surface area contributed by atoms with E-state index in [0.717, 1.165) is 0.639 Å². The van der Waals surface area contributed by atoms with Crippen LogP contribution in [0.1, 0.15) is 20.8 Å². The van der Waals surface area contributed by atoms with Crippen LogP contribution in [0.5, 0.6) is 0 Å². The number of carbonyl (C=O) groups is 1. The van der Waals surface area contributed by atoms with Crippen molar-refractivity contribution in [2.24, 2.45) is 0 Å². The molecule has 19 heteroatoms. The summed E-state index contributed by atoms with van der Waals surface area (Å²) in [4.78, 5) is 10.8. The number of alkyl carbamates (subject to hydrolysis) is 1. The van der Waals surface area contributed by atoms with E-state index in [1.165, 1.54) is 0 Å². The Labute approximate surface area is 169 Å². The van der Waals surface area contributed by atoms with Crippen LogP contribution in [-0.4, -0.2) is 83.1 Å². The van der Waals surface area contributed by atoms with Crippen molar-refractivity contribution in [1.82, 2.24) is 5.32 Å². The van der Waals surface area contributed by atoms with Crippen molar-refractivity contribution >= 4 is 76.8 Å². The second-order valence-electron chi connectivity index (χ2n) is 4.52. The SMILES string of the molecule is CC(C)(C)OC(=O)N[CH2][K].F[B-](F)(F)F.F[B-](F)(F)F.F[B-](F)(F)F. The fourth-order valence-electron chi connectivity index (χ4n) is 0.459. The molecule has 0 rings (SSSR count). The minimum absolute atomic E-state index is 0.305. The van der Waals surface area contributed by atoms with Crippen LogP contribution in [0.2, 0.25) is 0 Å². The summed E-state index contributed by atoms with van der Waals surface area (Å²) < 4.78 is 123. The van der Waals surface area contributed by atoms with E-state index in [1.807, 2.05) is 20.8 Å². The van der Waals surface area contributed by atoms with Gasteiger partial charge in [0.2, 0.25) is 0 Å². The van der Waals surface area contributed by atoms with Gasteiger partial charge in [0.15, 0.2) is 0 Å². The minimum Gasteiger partial charge on any atom is -0.418 e. The molecule has 0 aromatic rings. The first-order chi connectivity index (χ1) is 10.5. The summed E-state index contributed by atoms with van der Waals surface area (Å²) in [5.41, 5.74) is -0.369. The molecule has 0 aromatic carbocycles. The van der Waals surface area contributed by atoms with Crippen molar-refractivity contribution < 1.29 is 61.3 Å². The van der Waals surface area contributed by atoms with E-state index in [2.05, 4.69) is 5.32 Å². The van der Waals surface area contributed by atoms with E-state index in [1.54, 1.807) is 0 Å². The van der Waals surface area contributed by atoms with Crippen LogP contribution in [0.15, 0.2) is 0 Å². The van der Waals surface area contributed by atoms with Crippen molar-refractivity contribution in [3.05, 3.63) is 0 Å². The third-order valence-electron chi connectivity index (χ3n) is 0.720. The molecule has 150 valence electrons. The molecule has 0 aliphatic rings. The molecule has 0 saturated carbocycles. The molecule has 25 heavy (non-hydrogen) atoms. The Bertz CT molecular complexity index is 295. The molecule has 0 aromatic heterocycles. The Morgan fingerprint density at radius 2 is 1.00 bits per heavy atom. The van der Waals surface area contributed by atoms with Gasteiger partial charge in [-0.2, -0.15) is 0 Å². The van der Waals surface area contributed by atoms with Crippen LogP contribution in [0.4, 0.5) is 56.6 Å². The van der Waals surface area contributed by atoms with Gasteiger partial charge in [0, 0.05) is 0 Å². The first-order valence-electron chi connectivity index (χ1n) is 6.04. The minimum atomic E-state index is -6.00. The molecule has 0 heterocycles. The number of carbonyl (C=O) groups excluding carboxylic acids is 1. The number of hydrogen-bond donors (Lipinski definition) is 1. The van der Waals surface area contributed by atoms with Gasteiger partial charge < -0.3 is 51.8 Å². The van der Waals surface area contributed by atoms with Gasteiger partial charge in [-0.15, -0.1) is 0 Å². The Hall–Kier alpha value is 0.261. The predicted molar refractivity (Wildman–Crippen MR) is 70.5 cm³/mol. The molecule has 0 atom stereocenters. The van der Waals surface area contributed by atoms with Gasteiger partial charge in [-0.05, 0) is 0 Å². The monoisotopic (exact) mass is 430 g/mol. The van der Waals surface area contributed by atoms with Crippen molar-refractivity contribution in [2.75, 3.05) is 0.639 Å². The van der Waals surface area contributed by atoms with Crippen LogP contribution in [0.25, 0.3) is 0 Å². The Kier molecular flexibility index (Phi) is 18.9. The van der Waals surface area contributed by atoms with Gasteiger partial charge in [0.25, 0.3) is 0 Å². The van der Waals surface area contributed by atoms with Crippen molar-refractivity contribution in [1.29, 1.82) is 0 Å².